The predicted octanol–water partition coefficient (Wildman–Crippen LogP) is 3.28. The topological polar surface area (TPSA) is 97.8 Å². The van der Waals surface area contributed by atoms with Crippen molar-refractivity contribution in [2.24, 2.45) is 0 Å². The molecule has 1 heterocycles. The van der Waals surface area contributed by atoms with E-state index in [4.69, 9.17) is 9.57 Å². The van der Waals surface area contributed by atoms with E-state index in [1.807, 2.05) is 30.3 Å². The molecule has 0 bridgehead atoms. The first kappa shape index (κ1) is 23.6. The number of fused-ring (bicyclic) bond motifs is 1. The summed E-state index contributed by atoms with van der Waals surface area (Å²) in [5, 5.41) is 0.942. The van der Waals surface area contributed by atoms with Gasteiger partial charge in [-0.25, -0.2) is 13.9 Å². The maximum absolute atomic E-state index is 13.4. The number of hydrogen-bond acceptors (Lipinski definition) is 6. The van der Waals surface area contributed by atoms with Gasteiger partial charge in [-0.05, 0) is 57.2 Å². The van der Waals surface area contributed by atoms with Crippen molar-refractivity contribution in [3.05, 3.63) is 66.4 Å². The summed E-state index contributed by atoms with van der Waals surface area (Å²) in [7, 11) is -2.50. The molecule has 0 atom stereocenters. The van der Waals surface area contributed by atoms with Crippen molar-refractivity contribution in [2.45, 2.75) is 37.8 Å². The number of aromatic nitrogens is 1. The normalized spacial score (nSPS) is 12.2. The van der Waals surface area contributed by atoms with E-state index in [-0.39, 0.29) is 11.4 Å². The summed E-state index contributed by atoms with van der Waals surface area (Å²) in [4.78, 5) is 22.4. The lowest BCUT2D eigenvalue weighted by atomic mass is 10.2. The van der Waals surface area contributed by atoms with Crippen LogP contribution in [0.5, 0.6) is 5.75 Å². The molecular weight excluding hydrogens is 430 g/mol. The first-order chi connectivity index (χ1) is 15.1. The first-order valence-corrected chi connectivity index (χ1v) is 11.5. The van der Waals surface area contributed by atoms with Gasteiger partial charge in [0.05, 0.1) is 41.9 Å². The number of hydroxylamine groups is 1. The van der Waals surface area contributed by atoms with Gasteiger partial charge in [0.2, 0.25) is 10.0 Å². The third-order valence-electron chi connectivity index (χ3n) is 4.48. The minimum atomic E-state index is -4.00. The lowest BCUT2D eigenvalue weighted by molar-refractivity contribution is -0.145. The molecule has 2 aromatic carbocycles. The fraction of sp³-hybridized carbons (Fsp3) is 0.304. The summed E-state index contributed by atoms with van der Waals surface area (Å²) >= 11 is 0. The van der Waals surface area contributed by atoms with Gasteiger partial charge in [0, 0.05) is 5.39 Å². The number of para-hydroxylation sites is 1. The highest BCUT2D eigenvalue weighted by molar-refractivity contribution is 7.89. The molecule has 3 rings (SSSR count). The van der Waals surface area contributed by atoms with Gasteiger partial charge in [0.25, 0.3) is 5.91 Å². The van der Waals surface area contributed by atoms with Gasteiger partial charge in [0.1, 0.15) is 5.75 Å². The van der Waals surface area contributed by atoms with Gasteiger partial charge in [0.15, 0.2) is 0 Å². The number of pyridine rings is 1. The van der Waals surface area contributed by atoms with Crippen LogP contribution >= 0.6 is 0 Å². The highest BCUT2D eigenvalue weighted by Crippen LogP contribution is 2.22. The molecule has 0 radical (unpaired) electrons. The van der Waals surface area contributed by atoms with E-state index in [2.05, 4.69) is 10.5 Å². The van der Waals surface area contributed by atoms with Crippen LogP contribution in [0.1, 0.15) is 26.5 Å². The van der Waals surface area contributed by atoms with Gasteiger partial charge >= 0.3 is 0 Å². The van der Waals surface area contributed by atoms with E-state index in [1.165, 1.54) is 19.2 Å². The SMILES string of the molecule is COc1ccc(S(=O)(=O)N(CC(=O)NOC(C)(C)C)Cc2ccc3ccccc3n2)cc1. The molecule has 1 amide bonds. The molecule has 0 unspecified atom stereocenters. The molecule has 0 fully saturated rings. The minimum Gasteiger partial charge on any atom is -0.497 e. The van der Waals surface area contributed by atoms with Gasteiger partial charge in [-0.1, -0.05) is 24.3 Å². The van der Waals surface area contributed by atoms with E-state index in [0.29, 0.717) is 11.4 Å². The second-order valence-corrected chi connectivity index (χ2v) is 10.1. The molecule has 170 valence electrons. The molecule has 0 saturated heterocycles. The Morgan fingerprint density at radius 2 is 1.72 bits per heavy atom. The molecule has 0 saturated carbocycles. The van der Waals surface area contributed by atoms with Crippen LogP contribution in [0.3, 0.4) is 0 Å². The highest BCUT2D eigenvalue weighted by atomic mass is 32.2. The summed E-state index contributed by atoms with van der Waals surface area (Å²) in [5.74, 6) is -0.0548. The molecule has 32 heavy (non-hydrogen) atoms. The van der Waals surface area contributed by atoms with Crippen LogP contribution in [0, 0.1) is 0 Å². The second-order valence-electron chi connectivity index (χ2n) is 8.18. The van der Waals surface area contributed by atoms with E-state index in [9.17, 15) is 13.2 Å². The lowest BCUT2D eigenvalue weighted by Gasteiger charge is -2.23. The molecule has 3 aromatic rings. The Hall–Kier alpha value is -3.01. The monoisotopic (exact) mass is 457 g/mol. The zero-order valence-electron chi connectivity index (χ0n) is 18.5. The average molecular weight is 458 g/mol. The number of sulfonamides is 1. The van der Waals surface area contributed by atoms with Crippen molar-refractivity contribution in [1.29, 1.82) is 0 Å². The van der Waals surface area contributed by atoms with Crippen molar-refractivity contribution < 1.29 is 22.8 Å². The number of carbonyl (C=O) groups is 1. The summed E-state index contributed by atoms with van der Waals surface area (Å²) in [6.45, 7) is 4.82. The van der Waals surface area contributed by atoms with Crippen LogP contribution in [0.15, 0.2) is 65.6 Å². The Labute approximate surface area is 188 Å². The fourth-order valence-electron chi connectivity index (χ4n) is 2.90. The number of carbonyl (C=O) groups excluding carboxylic acids is 1. The van der Waals surface area contributed by atoms with Gasteiger partial charge in [-0.2, -0.15) is 4.31 Å². The highest BCUT2D eigenvalue weighted by Gasteiger charge is 2.28. The smallest absolute Gasteiger partial charge is 0.258 e. The summed E-state index contributed by atoms with van der Waals surface area (Å²) in [6.07, 6.45) is 0. The van der Waals surface area contributed by atoms with Crippen LogP contribution in [-0.2, 0) is 26.2 Å². The van der Waals surface area contributed by atoms with Gasteiger partial charge in [-0.3, -0.25) is 14.6 Å². The Morgan fingerprint density at radius 3 is 2.38 bits per heavy atom. The van der Waals surface area contributed by atoms with Gasteiger partial charge in [-0.15, -0.1) is 0 Å². The molecule has 1 N–H and O–H groups in total. The van der Waals surface area contributed by atoms with Crippen LogP contribution < -0.4 is 10.2 Å². The van der Waals surface area contributed by atoms with E-state index >= 15 is 0 Å². The number of nitrogens with zero attached hydrogens (tertiary/aromatic N) is 2. The van der Waals surface area contributed by atoms with Crippen molar-refractivity contribution >= 4 is 26.8 Å². The fourth-order valence-corrected chi connectivity index (χ4v) is 4.27. The summed E-state index contributed by atoms with van der Waals surface area (Å²) in [6, 6.07) is 17.2. The lowest BCUT2D eigenvalue weighted by Crippen LogP contribution is -2.42. The molecule has 9 heteroatoms. The predicted molar refractivity (Wildman–Crippen MR) is 121 cm³/mol. The molecule has 1 aromatic heterocycles. The maximum atomic E-state index is 13.4. The Kier molecular flexibility index (Phi) is 7.12. The Balaban J connectivity index is 1.90. The van der Waals surface area contributed by atoms with Crippen LogP contribution in [0.4, 0.5) is 0 Å². The molecule has 0 aliphatic rings. The number of nitrogens with one attached hydrogen (secondary N) is 1. The average Bonchev–Trinajstić information content (AvgIpc) is 2.76. The molecule has 0 aliphatic carbocycles. The standard InChI is InChI=1S/C23H27N3O5S/c1-23(2,3)31-25-22(27)16-26(32(28,29)20-13-11-19(30-4)12-14-20)15-18-10-9-17-7-5-6-8-21(17)24-18/h5-14H,15-16H2,1-4H3,(H,25,27). The van der Waals surface area contributed by atoms with E-state index < -0.39 is 28.1 Å². The third-order valence-corrected chi connectivity index (χ3v) is 6.29. The molecule has 0 aliphatic heterocycles. The molecular formula is C23H27N3O5S. The van der Waals surface area contributed by atoms with Crippen molar-refractivity contribution in [2.75, 3.05) is 13.7 Å². The second kappa shape index (κ2) is 9.64. The van der Waals surface area contributed by atoms with Crippen LogP contribution in [-0.4, -0.2) is 42.9 Å². The van der Waals surface area contributed by atoms with E-state index in [0.717, 1.165) is 15.2 Å². The molecule has 0 spiro atoms. The zero-order chi connectivity index (χ0) is 23.4. The van der Waals surface area contributed by atoms with Crippen LogP contribution in [0.2, 0.25) is 0 Å². The summed E-state index contributed by atoms with van der Waals surface area (Å²) < 4.78 is 32.9. The Bertz CT molecular complexity index is 1190. The number of methoxy groups -OCH3 is 1. The third kappa shape index (κ3) is 6.03. The zero-order valence-corrected chi connectivity index (χ0v) is 19.3. The quantitative estimate of drug-likeness (QED) is 0.522. The Morgan fingerprint density at radius 1 is 1.03 bits per heavy atom. The summed E-state index contributed by atoms with van der Waals surface area (Å²) in [5.41, 5.74) is 2.97. The number of benzene rings is 2. The largest absolute Gasteiger partial charge is 0.497 e. The maximum Gasteiger partial charge on any atom is 0.258 e. The molecule has 8 nitrogen and oxygen atoms in total. The van der Waals surface area contributed by atoms with E-state index in [1.54, 1.807) is 39.0 Å². The van der Waals surface area contributed by atoms with Crippen molar-refractivity contribution in [3.63, 3.8) is 0 Å². The van der Waals surface area contributed by atoms with Crippen molar-refractivity contribution in [3.8, 4) is 5.75 Å². The minimum absolute atomic E-state index is 0.0450. The first-order valence-electron chi connectivity index (χ1n) is 10.0. The number of rotatable bonds is 8. The van der Waals surface area contributed by atoms with Crippen LogP contribution in [0.25, 0.3) is 10.9 Å². The number of ether oxygens (including phenoxy) is 1. The number of amides is 1. The number of hydrogen-bond donors (Lipinski definition) is 1. The van der Waals surface area contributed by atoms with Gasteiger partial charge < -0.3 is 4.74 Å². The van der Waals surface area contributed by atoms with Crippen molar-refractivity contribution in [1.82, 2.24) is 14.8 Å².